The van der Waals surface area contributed by atoms with Crippen LogP contribution in [0.2, 0.25) is 0 Å². The Hall–Kier alpha value is -7.89. The standard InChI is InChI=1S/C53H33N5/c1-3-13-34(14-4-1)56-44-20-10-7-17-38(44)42-32-51-43(33-50(42)56)39-24-23-37(31-49(39)57(51)35-15-5-2-6-16-35)58-46-22-12-9-19-41(46)53-48(58)26-25-47-52(53)40-18-8-11-21-45(40)55(47)36-27-29-54-30-28-36/h1-33H. The van der Waals surface area contributed by atoms with Gasteiger partial charge in [0.1, 0.15) is 0 Å². The van der Waals surface area contributed by atoms with Gasteiger partial charge in [-0.15, -0.1) is 0 Å². The first-order chi connectivity index (χ1) is 28.8. The predicted octanol–water partition coefficient (Wildman–Crippen LogP) is 13.5. The van der Waals surface area contributed by atoms with E-state index in [0.717, 1.165) is 22.7 Å². The number of benzene rings is 8. The third-order valence-electron chi connectivity index (χ3n) is 12.2. The van der Waals surface area contributed by atoms with E-state index in [1.807, 2.05) is 12.4 Å². The van der Waals surface area contributed by atoms with Gasteiger partial charge in [-0.1, -0.05) is 97.1 Å². The zero-order valence-corrected chi connectivity index (χ0v) is 31.3. The van der Waals surface area contributed by atoms with E-state index in [0.29, 0.717) is 0 Å². The minimum Gasteiger partial charge on any atom is -0.309 e. The van der Waals surface area contributed by atoms with Crippen molar-refractivity contribution in [2.75, 3.05) is 0 Å². The minimum atomic E-state index is 1.10. The number of hydrogen-bond donors (Lipinski definition) is 0. The van der Waals surface area contributed by atoms with Crippen molar-refractivity contribution in [1.82, 2.24) is 23.3 Å². The second-order valence-corrected chi connectivity index (χ2v) is 15.2. The van der Waals surface area contributed by atoms with Crippen molar-refractivity contribution in [1.29, 1.82) is 0 Å². The Morgan fingerprint density at radius 3 is 1.21 bits per heavy atom. The van der Waals surface area contributed by atoms with E-state index in [-0.39, 0.29) is 0 Å². The second-order valence-electron chi connectivity index (χ2n) is 15.2. The van der Waals surface area contributed by atoms with Crippen molar-refractivity contribution in [3.63, 3.8) is 0 Å². The summed E-state index contributed by atoms with van der Waals surface area (Å²) >= 11 is 0. The summed E-state index contributed by atoms with van der Waals surface area (Å²) in [5.74, 6) is 0. The molecule has 5 nitrogen and oxygen atoms in total. The van der Waals surface area contributed by atoms with Gasteiger partial charge in [0.25, 0.3) is 0 Å². The SMILES string of the molecule is c1ccc(-n2c3ccccc3c3cc4c(cc32)c2ccc(-n3c5ccccc5c5c6c7ccccc7n(-c7ccncc7)c6ccc53)cc2n4-c2ccccc2)cc1. The lowest BCUT2D eigenvalue weighted by molar-refractivity contribution is 1.15. The van der Waals surface area contributed by atoms with E-state index in [1.54, 1.807) is 0 Å². The summed E-state index contributed by atoms with van der Waals surface area (Å²) in [6.07, 6.45) is 3.74. The van der Waals surface area contributed by atoms with Gasteiger partial charge in [0, 0.05) is 78.2 Å². The molecule has 0 fully saturated rings. The summed E-state index contributed by atoms with van der Waals surface area (Å²) in [6, 6.07) is 68.6. The average Bonchev–Trinajstić information content (AvgIpc) is 4.01. The van der Waals surface area contributed by atoms with Gasteiger partial charge in [0.15, 0.2) is 0 Å². The van der Waals surface area contributed by atoms with Crippen LogP contribution in [0.4, 0.5) is 0 Å². The Balaban J connectivity index is 1.13. The highest BCUT2D eigenvalue weighted by molar-refractivity contribution is 6.29. The van der Waals surface area contributed by atoms with Crippen LogP contribution in [0.5, 0.6) is 0 Å². The van der Waals surface area contributed by atoms with Crippen LogP contribution in [0, 0.1) is 0 Å². The maximum absolute atomic E-state index is 4.32. The van der Waals surface area contributed by atoms with Crippen LogP contribution in [0.25, 0.3) is 110 Å². The second kappa shape index (κ2) is 11.8. The highest BCUT2D eigenvalue weighted by Crippen LogP contribution is 2.44. The molecule has 8 aromatic carbocycles. The highest BCUT2D eigenvalue weighted by Gasteiger charge is 2.23. The summed E-state index contributed by atoms with van der Waals surface area (Å²) in [6.45, 7) is 0. The number of pyridine rings is 1. The largest absolute Gasteiger partial charge is 0.309 e. The van der Waals surface area contributed by atoms with Crippen LogP contribution in [0.15, 0.2) is 200 Å². The Kier molecular flexibility index (Phi) is 6.38. The third kappa shape index (κ3) is 4.22. The van der Waals surface area contributed by atoms with Crippen molar-refractivity contribution in [3.8, 4) is 22.7 Å². The first-order valence-electron chi connectivity index (χ1n) is 19.8. The number of nitrogens with zero attached hydrogens (tertiary/aromatic N) is 5. The van der Waals surface area contributed by atoms with Gasteiger partial charge in [-0.3, -0.25) is 4.98 Å². The predicted molar refractivity (Wildman–Crippen MR) is 242 cm³/mol. The molecule has 270 valence electrons. The van der Waals surface area contributed by atoms with E-state index in [4.69, 9.17) is 0 Å². The molecular formula is C53H33N5. The van der Waals surface area contributed by atoms with Crippen LogP contribution < -0.4 is 0 Å². The molecule has 0 aliphatic rings. The molecule has 13 rings (SSSR count). The fraction of sp³-hybridized carbons (Fsp3) is 0. The summed E-state index contributed by atoms with van der Waals surface area (Å²) in [5.41, 5.74) is 14.0. The molecule has 0 saturated heterocycles. The van der Waals surface area contributed by atoms with Gasteiger partial charge < -0.3 is 18.3 Å². The Morgan fingerprint density at radius 2 is 0.638 bits per heavy atom. The van der Waals surface area contributed by atoms with Crippen molar-refractivity contribution in [3.05, 3.63) is 200 Å². The molecule has 0 bridgehead atoms. The summed E-state index contributed by atoms with van der Waals surface area (Å²) in [7, 11) is 0. The normalized spacial score (nSPS) is 12.1. The lowest BCUT2D eigenvalue weighted by atomic mass is 10.1. The molecule has 0 aliphatic carbocycles. The first kappa shape index (κ1) is 31.3. The molecular weight excluding hydrogens is 707 g/mol. The lowest BCUT2D eigenvalue weighted by Crippen LogP contribution is -1.97. The van der Waals surface area contributed by atoms with Crippen LogP contribution in [-0.4, -0.2) is 23.3 Å². The van der Waals surface area contributed by atoms with E-state index in [2.05, 4.69) is 211 Å². The van der Waals surface area contributed by atoms with E-state index in [1.165, 1.54) is 87.2 Å². The number of rotatable bonds is 4. The van der Waals surface area contributed by atoms with Crippen LogP contribution >= 0.6 is 0 Å². The van der Waals surface area contributed by atoms with E-state index in [9.17, 15) is 0 Å². The van der Waals surface area contributed by atoms with Crippen LogP contribution in [0.1, 0.15) is 0 Å². The quantitative estimate of drug-likeness (QED) is 0.177. The molecule has 0 unspecified atom stereocenters. The van der Waals surface area contributed by atoms with Gasteiger partial charge in [-0.05, 0) is 91.0 Å². The topological polar surface area (TPSA) is 32.6 Å². The first-order valence-corrected chi connectivity index (χ1v) is 19.8. The van der Waals surface area contributed by atoms with Gasteiger partial charge in [-0.25, -0.2) is 0 Å². The average molecular weight is 740 g/mol. The Morgan fingerprint density at radius 1 is 0.241 bits per heavy atom. The molecule has 5 heterocycles. The Bertz CT molecular complexity index is 3770. The van der Waals surface area contributed by atoms with E-state index >= 15 is 0 Å². The maximum atomic E-state index is 4.32. The van der Waals surface area contributed by atoms with E-state index < -0.39 is 0 Å². The van der Waals surface area contributed by atoms with Crippen molar-refractivity contribution >= 4 is 87.2 Å². The third-order valence-corrected chi connectivity index (χ3v) is 12.2. The van der Waals surface area contributed by atoms with Gasteiger partial charge in [-0.2, -0.15) is 0 Å². The summed E-state index contributed by atoms with van der Waals surface area (Å²) in [4.78, 5) is 4.32. The molecule has 0 amide bonds. The highest BCUT2D eigenvalue weighted by atomic mass is 15.0. The monoisotopic (exact) mass is 739 g/mol. The molecule has 5 aromatic heterocycles. The summed E-state index contributed by atoms with van der Waals surface area (Å²) < 4.78 is 9.70. The molecule has 5 heteroatoms. The fourth-order valence-corrected chi connectivity index (χ4v) is 9.88. The minimum absolute atomic E-state index is 1.10. The van der Waals surface area contributed by atoms with Gasteiger partial charge >= 0.3 is 0 Å². The van der Waals surface area contributed by atoms with Crippen molar-refractivity contribution < 1.29 is 0 Å². The van der Waals surface area contributed by atoms with Crippen molar-refractivity contribution in [2.24, 2.45) is 0 Å². The molecule has 0 aliphatic heterocycles. The molecule has 0 spiro atoms. The summed E-state index contributed by atoms with van der Waals surface area (Å²) in [5, 5.41) is 9.93. The molecule has 0 atom stereocenters. The Labute approximate surface area is 332 Å². The fourth-order valence-electron chi connectivity index (χ4n) is 9.88. The molecule has 13 aromatic rings. The van der Waals surface area contributed by atoms with Gasteiger partial charge in [0.05, 0.1) is 44.1 Å². The number of hydrogen-bond acceptors (Lipinski definition) is 1. The molecule has 0 saturated carbocycles. The maximum Gasteiger partial charge on any atom is 0.0561 e. The van der Waals surface area contributed by atoms with Gasteiger partial charge in [0.2, 0.25) is 0 Å². The zero-order chi connectivity index (χ0) is 37.9. The van der Waals surface area contributed by atoms with Crippen molar-refractivity contribution in [2.45, 2.75) is 0 Å². The zero-order valence-electron chi connectivity index (χ0n) is 31.3. The number of fused-ring (bicyclic) bond motifs is 13. The molecule has 0 N–H and O–H groups in total. The molecule has 0 radical (unpaired) electrons. The lowest BCUT2D eigenvalue weighted by Gasteiger charge is -2.11. The number of aromatic nitrogens is 5. The number of para-hydroxylation sites is 5. The molecule has 58 heavy (non-hydrogen) atoms. The van der Waals surface area contributed by atoms with Crippen LogP contribution in [0.3, 0.4) is 0 Å². The smallest absolute Gasteiger partial charge is 0.0561 e. The van der Waals surface area contributed by atoms with Crippen LogP contribution in [-0.2, 0) is 0 Å².